The van der Waals surface area contributed by atoms with Crippen molar-refractivity contribution in [3.05, 3.63) is 53.2 Å². The number of morpholine rings is 1. The number of ether oxygens (including phenoxy) is 1. The van der Waals surface area contributed by atoms with Crippen molar-refractivity contribution in [3.63, 3.8) is 0 Å². The highest BCUT2D eigenvalue weighted by atomic mass is 32.2. The quantitative estimate of drug-likeness (QED) is 0.883. The molecule has 0 radical (unpaired) electrons. The predicted molar refractivity (Wildman–Crippen MR) is 97.7 cm³/mol. The van der Waals surface area contributed by atoms with Crippen LogP contribution in [0, 0.1) is 13.8 Å². The van der Waals surface area contributed by atoms with Gasteiger partial charge in [0.15, 0.2) is 0 Å². The molecule has 0 aliphatic carbocycles. The molecule has 8 heteroatoms. The predicted octanol–water partition coefficient (Wildman–Crippen LogP) is 1.97. The number of pyridine rings is 1. The van der Waals surface area contributed by atoms with Crippen molar-refractivity contribution in [3.8, 4) is 0 Å². The largest absolute Gasteiger partial charge is 0.379 e. The Bertz CT molecular complexity index is 922. The Morgan fingerprint density at radius 1 is 1.15 bits per heavy atom. The Kier molecular flexibility index (Phi) is 5.36. The van der Waals surface area contributed by atoms with Gasteiger partial charge >= 0.3 is 0 Å². The Balaban J connectivity index is 1.90. The number of carbonyl (C=O) groups excluding carboxylic acids is 1. The van der Waals surface area contributed by atoms with Gasteiger partial charge in [0.05, 0.1) is 18.1 Å². The number of aromatic nitrogens is 1. The molecule has 1 aromatic carbocycles. The first kappa shape index (κ1) is 18.5. The van der Waals surface area contributed by atoms with Gasteiger partial charge in [-0.25, -0.2) is 13.4 Å². The molecular formula is C18H21N3O4S. The van der Waals surface area contributed by atoms with Crippen LogP contribution in [-0.4, -0.2) is 49.9 Å². The minimum Gasteiger partial charge on any atom is -0.379 e. The Morgan fingerprint density at radius 3 is 2.58 bits per heavy atom. The zero-order valence-electron chi connectivity index (χ0n) is 14.7. The van der Waals surface area contributed by atoms with Crippen molar-refractivity contribution >= 4 is 21.7 Å². The summed E-state index contributed by atoms with van der Waals surface area (Å²) in [6, 6.07) is 8.30. The molecule has 1 fully saturated rings. The maximum absolute atomic E-state index is 12.9. The molecular weight excluding hydrogens is 354 g/mol. The average Bonchev–Trinajstić information content (AvgIpc) is 2.64. The monoisotopic (exact) mass is 375 g/mol. The molecule has 0 spiro atoms. The third-order valence-electron chi connectivity index (χ3n) is 4.28. The standard InChI is InChI=1S/C18H21N3O4S/c1-13-5-6-15(18(22)20-17-14(2)4-3-7-19-17)12-16(13)26(23,24)21-8-10-25-11-9-21/h3-7,12H,8-11H2,1-2H3,(H,19,20,22). The van der Waals surface area contributed by atoms with Crippen LogP contribution in [0.1, 0.15) is 21.5 Å². The van der Waals surface area contributed by atoms with Gasteiger partial charge in [-0.05, 0) is 43.2 Å². The minimum atomic E-state index is -3.67. The summed E-state index contributed by atoms with van der Waals surface area (Å²) in [5, 5.41) is 2.73. The lowest BCUT2D eigenvalue weighted by molar-refractivity contribution is 0.0730. The fraction of sp³-hybridized carbons (Fsp3) is 0.333. The van der Waals surface area contributed by atoms with Gasteiger partial charge in [0, 0.05) is 24.8 Å². The Hall–Kier alpha value is -2.29. The van der Waals surface area contributed by atoms with Gasteiger partial charge in [-0.2, -0.15) is 4.31 Å². The maximum Gasteiger partial charge on any atom is 0.256 e. The number of aryl methyl sites for hydroxylation is 2. The van der Waals surface area contributed by atoms with Gasteiger partial charge in [0.25, 0.3) is 5.91 Å². The van der Waals surface area contributed by atoms with Crippen molar-refractivity contribution in [2.45, 2.75) is 18.7 Å². The molecule has 0 atom stereocenters. The van der Waals surface area contributed by atoms with E-state index in [0.717, 1.165) is 5.56 Å². The van der Waals surface area contributed by atoms with Crippen LogP contribution in [0.15, 0.2) is 41.4 Å². The zero-order valence-corrected chi connectivity index (χ0v) is 15.5. The van der Waals surface area contributed by atoms with E-state index < -0.39 is 15.9 Å². The van der Waals surface area contributed by atoms with Crippen molar-refractivity contribution in [1.29, 1.82) is 0 Å². The molecule has 7 nitrogen and oxygen atoms in total. The molecule has 1 aliphatic rings. The van der Waals surface area contributed by atoms with Gasteiger partial charge in [-0.3, -0.25) is 4.79 Å². The normalized spacial score (nSPS) is 15.6. The van der Waals surface area contributed by atoms with Crippen LogP contribution in [0.4, 0.5) is 5.82 Å². The number of carbonyl (C=O) groups is 1. The highest BCUT2D eigenvalue weighted by Gasteiger charge is 2.28. The van der Waals surface area contributed by atoms with Crippen molar-refractivity contribution in [2.24, 2.45) is 0 Å². The number of amides is 1. The second-order valence-electron chi connectivity index (χ2n) is 6.12. The molecule has 2 aromatic rings. The van der Waals surface area contributed by atoms with Crippen LogP contribution < -0.4 is 5.32 Å². The summed E-state index contributed by atoms with van der Waals surface area (Å²) in [5.41, 5.74) is 1.70. The van der Waals surface area contributed by atoms with Gasteiger partial charge in [-0.15, -0.1) is 0 Å². The second kappa shape index (κ2) is 7.53. The average molecular weight is 375 g/mol. The van der Waals surface area contributed by atoms with Gasteiger partial charge < -0.3 is 10.1 Å². The van der Waals surface area contributed by atoms with E-state index in [1.807, 2.05) is 13.0 Å². The number of sulfonamides is 1. The van der Waals surface area contributed by atoms with E-state index in [2.05, 4.69) is 10.3 Å². The summed E-state index contributed by atoms with van der Waals surface area (Å²) in [6.45, 7) is 4.93. The lowest BCUT2D eigenvalue weighted by Crippen LogP contribution is -2.40. The number of hydrogen-bond acceptors (Lipinski definition) is 5. The molecule has 3 rings (SSSR count). The van der Waals surface area contributed by atoms with E-state index >= 15 is 0 Å². The smallest absolute Gasteiger partial charge is 0.256 e. The number of anilines is 1. The van der Waals surface area contributed by atoms with Crippen molar-refractivity contribution in [1.82, 2.24) is 9.29 Å². The highest BCUT2D eigenvalue weighted by molar-refractivity contribution is 7.89. The van der Waals surface area contributed by atoms with E-state index in [4.69, 9.17) is 4.74 Å². The summed E-state index contributed by atoms with van der Waals surface area (Å²) >= 11 is 0. The molecule has 1 saturated heterocycles. The topological polar surface area (TPSA) is 88.6 Å². The molecule has 1 aliphatic heterocycles. The Morgan fingerprint density at radius 2 is 1.88 bits per heavy atom. The Labute approximate surface area is 153 Å². The zero-order chi connectivity index (χ0) is 18.7. The van der Waals surface area contributed by atoms with Crippen LogP contribution in [-0.2, 0) is 14.8 Å². The first-order valence-corrected chi connectivity index (χ1v) is 9.75. The van der Waals surface area contributed by atoms with E-state index in [9.17, 15) is 13.2 Å². The summed E-state index contributed by atoms with van der Waals surface area (Å²) in [7, 11) is -3.67. The first-order chi connectivity index (χ1) is 12.4. The molecule has 138 valence electrons. The number of rotatable bonds is 4. The van der Waals surface area contributed by atoms with Gasteiger partial charge in [0.2, 0.25) is 10.0 Å². The number of nitrogens with one attached hydrogen (secondary N) is 1. The molecule has 0 saturated carbocycles. The van der Waals surface area contributed by atoms with Crippen LogP contribution in [0.5, 0.6) is 0 Å². The maximum atomic E-state index is 12.9. The highest BCUT2D eigenvalue weighted by Crippen LogP contribution is 2.23. The molecule has 2 heterocycles. The van der Waals surface area contributed by atoms with Crippen molar-refractivity contribution in [2.75, 3.05) is 31.6 Å². The minimum absolute atomic E-state index is 0.143. The molecule has 1 N–H and O–H groups in total. The third kappa shape index (κ3) is 3.77. The SMILES string of the molecule is Cc1ccc(C(=O)Nc2ncccc2C)cc1S(=O)(=O)N1CCOCC1. The van der Waals surface area contributed by atoms with E-state index in [1.54, 1.807) is 31.3 Å². The van der Waals surface area contributed by atoms with E-state index in [-0.39, 0.29) is 10.5 Å². The third-order valence-corrected chi connectivity index (χ3v) is 6.32. The summed E-state index contributed by atoms with van der Waals surface area (Å²) in [5.74, 6) is 0.0564. The van der Waals surface area contributed by atoms with Crippen LogP contribution >= 0.6 is 0 Å². The molecule has 1 aromatic heterocycles. The fourth-order valence-electron chi connectivity index (χ4n) is 2.74. The van der Waals surface area contributed by atoms with E-state index in [0.29, 0.717) is 37.7 Å². The lowest BCUT2D eigenvalue weighted by atomic mass is 10.1. The van der Waals surface area contributed by atoms with Crippen molar-refractivity contribution < 1.29 is 17.9 Å². The molecule has 1 amide bonds. The number of nitrogens with zero attached hydrogens (tertiary/aromatic N) is 2. The first-order valence-electron chi connectivity index (χ1n) is 8.31. The second-order valence-corrected chi connectivity index (χ2v) is 8.03. The molecule has 0 bridgehead atoms. The van der Waals surface area contributed by atoms with Crippen LogP contribution in [0.25, 0.3) is 0 Å². The molecule has 0 unspecified atom stereocenters. The summed E-state index contributed by atoms with van der Waals surface area (Å²) in [4.78, 5) is 16.8. The summed E-state index contributed by atoms with van der Waals surface area (Å²) in [6.07, 6.45) is 1.59. The fourth-order valence-corrected chi connectivity index (χ4v) is 4.40. The summed E-state index contributed by atoms with van der Waals surface area (Å²) < 4.78 is 32.5. The lowest BCUT2D eigenvalue weighted by Gasteiger charge is -2.26. The molecule has 26 heavy (non-hydrogen) atoms. The number of benzene rings is 1. The van der Waals surface area contributed by atoms with Gasteiger partial charge in [0.1, 0.15) is 5.82 Å². The van der Waals surface area contributed by atoms with Crippen LogP contribution in [0.2, 0.25) is 0 Å². The van der Waals surface area contributed by atoms with Crippen LogP contribution in [0.3, 0.4) is 0 Å². The number of hydrogen-bond donors (Lipinski definition) is 1. The van der Waals surface area contributed by atoms with Gasteiger partial charge in [-0.1, -0.05) is 12.1 Å². The van der Waals surface area contributed by atoms with E-state index in [1.165, 1.54) is 10.4 Å².